The second-order valence-electron chi connectivity index (χ2n) is 4.12. The minimum atomic E-state index is -2.92. The van der Waals surface area contributed by atoms with Crippen LogP contribution in [0.2, 0.25) is 5.02 Å². The molecular weight excluding hydrogens is 300 g/mol. The van der Waals surface area contributed by atoms with E-state index in [1.165, 1.54) is 0 Å². The molecule has 0 spiro atoms. The standard InChI is InChI=1S/C14H13ClO2S2/c1-11-6-8-13(9-7-11)19(16,18)17-10-12-4-2-3-5-14(12)15/h2-9H,10H2,1H3. The van der Waals surface area contributed by atoms with Crippen LogP contribution in [0.15, 0.2) is 53.4 Å². The van der Waals surface area contributed by atoms with Crippen molar-refractivity contribution < 1.29 is 8.39 Å². The largest absolute Gasteiger partial charge is 0.282 e. The third kappa shape index (κ3) is 3.76. The van der Waals surface area contributed by atoms with Gasteiger partial charge in [-0.3, -0.25) is 4.18 Å². The maximum Gasteiger partial charge on any atom is 0.173 e. The maximum absolute atomic E-state index is 12.3. The molecule has 2 nitrogen and oxygen atoms in total. The number of rotatable bonds is 4. The number of benzene rings is 2. The van der Waals surface area contributed by atoms with E-state index in [4.69, 9.17) is 27.0 Å². The molecule has 0 aliphatic heterocycles. The van der Waals surface area contributed by atoms with Crippen molar-refractivity contribution >= 4 is 31.6 Å². The Kier molecular flexibility index (Phi) is 4.58. The molecule has 0 aliphatic rings. The topological polar surface area (TPSA) is 26.3 Å². The van der Waals surface area contributed by atoms with E-state index in [0.717, 1.165) is 11.1 Å². The molecule has 0 heterocycles. The highest BCUT2D eigenvalue weighted by Gasteiger charge is 2.11. The average Bonchev–Trinajstić information content (AvgIpc) is 2.38. The maximum atomic E-state index is 12.3. The zero-order chi connectivity index (χ0) is 13.9. The molecule has 1 atom stereocenters. The second-order valence-corrected chi connectivity index (χ2v) is 7.46. The van der Waals surface area contributed by atoms with E-state index in [-0.39, 0.29) is 6.61 Å². The van der Waals surface area contributed by atoms with Gasteiger partial charge in [-0.05, 0) is 30.7 Å². The molecule has 19 heavy (non-hydrogen) atoms. The van der Waals surface area contributed by atoms with Gasteiger partial charge in [0.15, 0.2) is 8.77 Å². The second kappa shape index (κ2) is 6.01. The van der Waals surface area contributed by atoms with Gasteiger partial charge in [-0.25, -0.2) is 4.21 Å². The van der Waals surface area contributed by atoms with E-state index >= 15 is 0 Å². The van der Waals surface area contributed by atoms with E-state index in [1.807, 2.05) is 37.3 Å². The molecule has 0 radical (unpaired) electrons. The normalized spacial score (nSPS) is 14.0. The lowest BCUT2D eigenvalue weighted by atomic mass is 10.2. The first-order valence-electron chi connectivity index (χ1n) is 5.68. The van der Waals surface area contributed by atoms with Crippen molar-refractivity contribution in [1.82, 2.24) is 0 Å². The molecule has 0 fully saturated rings. The van der Waals surface area contributed by atoms with Gasteiger partial charge >= 0.3 is 0 Å². The number of hydrogen-bond donors (Lipinski definition) is 0. The fourth-order valence-electron chi connectivity index (χ4n) is 1.53. The summed E-state index contributed by atoms with van der Waals surface area (Å²) in [5, 5.41) is 0.580. The molecule has 2 aromatic carbocycles. The van der Waals surface area contributed by atoms with Gasteiger partial charge < -0.3 is 0 Å². The molecule has 2 aromatic rings. The minimum Gasteiger partial charge on any atom is -0.282 e. The highest BCUT2D eigenvalue weighted by Crippen LogP contribution is 2.20. The van der Waals surface area contributed by atoms with Crippen molar-refractivity contribution in [2.45, 2.75) is 18.4 Å². The van der Waals surface area contributed by atoms with Crippen molar-refractivity contribution in [2.75, 3.05) is 0 Å². The number of aryl methyl sites for hydroxylation is 1. The van der Waals surface area contributed by atoms with Gasteiger partial charge in [0.2, 0.25) is 0 Å². The van der Waals surface area contributed by atoms with Crippen molar-refractivity contribution in [3.05, 3.63) is 64.7 Å². The van der Waals surface area contributed by atoms with Crippen LogP contribution >= 0.6 is 11.6 Å². The Balaban J connectivity index is 2.14. The lowest BCUT2D eigenvalue weighted by Crippen LogP contribution is -2.05. The highest BCUT2D eigenvalue weighted by atomic mass is 35.5. The van der Waals surface area contributed by atoms with Crippen molar-refractivity contribution in [3.63, 3.8) is 0 Å². The number of hydrogen-bond acceptors (Lipinski definition) is 3. The van der Waals surface area contributed by atoms with Gasteiger partial charge in [0.05, 0.1) is 11.5 Å². The van der Waals surface area contributed by atoms with Gasteiger partial charge in [-0.2, -0.15) is 0 Å². The van der Waals surface area contributed by atoms with Crippen LogP contribution in [0.1, 0.15) is 11.1 Å². The molecule has 0 saturated carbocycles. The molecule has 0 aromatic heterocycles. The smallest absolute Gasteiger partial charge is 0.173 e. The Morgan fingerprint density at radius 2 is 1.79 bits per heavy atom. The summed E-state index contributed by atoms with van der Waals surface area (Å²) in [7, 11) is -2.92. The van der Waals surface area contributed by atoms with Gasteiger partial charge in [0.1, 0.15) is 0 Å². The summed E-state index contributed by atoms with van der Waals surface area (Å²) in [6.45, 7) is 2.09. The first kappa shape index (κ1) is 14.5. The zero-order valence-corrected chi connectivity index (χ0v) is 12.7. The Labute approximate surface area is 123 Å². The van der Waals surface area contributed by atoms with Crippen molar-refractivity contribution in [1.29, 1.82) is 0 Å². The van der Waals surface area contributed by atoms with Gasteiger partial charge in [0, 0.05) is 16.2 Å². The zero-order valence-electron chi connectivity index (χ0n) is 10.3. The molecule has 100 valence electrons. The third-order valence-electron chi connectivity index (χ3n) is 2.64. The Bertz CT molecular complexity index is 664. The van der Waals surface area contributed by atoms with Crippen LogP contribution in [-0.4, -0.2) is 4.21 Å². The molecule has 5 heteroatoms. The van der Waals surface area contributed by atoms with Crippen LogP contribution < -0.4 is 0 Å². The van der Waals surface area contributed by atoms with Crippen molar-refractivity contribution in [3.8, 4) is 0 Å². The summed E-state index contributed by atoms with van der Waals surface area (Å²) in [5.41, 5.74) is 1.86. The Hall–Kier alpha value is -0.940. The summed E-state index contributed by atoms with van der Waals surface area (Å²) in [4.78, 5) is 0.514. The molecular formula is C14H13ClO2S2. The number of halogens is 1. The van der Waals surface area contributed by atoms with Gasteiger partial charge in [0.25, 0.3) is 0 Å². The summed E-state index contributed by atoms with van der Waals surface area (Å²) in [6, 6.07) is 14.5. The van der Waals surface area contributed by atoms with E-state index in [9.17, 15) is 4.21 Å². The SMILES string of the molecule is Cc1ccc(S(=O)(=S)OCc2ccccc2Cl)cc1. The molecule has 0 N–H and O–H groups in total. The van der Waals surface area contributed by atoms with E-state index in [0.29, 0.717) is 9.92 Å². The van der Waals surface area contributed by atoms with Crippen LogP contribution in [0.5, 0.6) is 0 Å². The molecule has 0 saturated heterocycles. The average molecular weight is 313 g/mol. The quantitative estimate of drug-likeness (QED) is 0.857. The van der Waals surface area contributed by atoms with Gasteiger partial charge in [-0.15, -0.1) is 0 Å². The molecule has 1 unspecified atom stereocenters. The third-order valence-corrected chi connectivity index (χ3v) is 5.15. The lowest BCUT2D eigenvalue weighted by molar-refractivity contribution is 0.335. The summed E-state index contributed by atoms with van der Waals surface area (Å²) in [5.74, 6) is 0. The lowest BCUT2D eigenvalue weighted by Gasteiger charge is -2.09. The summed E-state index contributed by atoms with van der Waals surface area (Å²) in [6.07, 6.45) is 0. The fraction of sp³-hybridized carbons (Fsp3) is 0.143. The summed E-state index contributed by atoms with van der Waals surface area (Å²) >= 11 is 11.1. The van der Waals surface area contributed by atoms with Crippen LogP contribution in [0.3, 0.4) is 0 Å². The van der Waals surface area contributed by atoms with Crippen LogP contribution in [-0.2, 0) is 30.8 Å². The Morgan fingerprint density at radius 1 is 1.16 bits per heavy atom. The van der Waals surface area contributed by atoms with Crippen LogP contribution in [0.4, 0.5) is 0 Å². The van der Waals surface area contributed by atoms with E-state index in [2.05, 4.69) is 0 Å². The molecule has 2 rings (SSSR count). The predicted molar refractivity (Wildman–Crippen MR) is 81.2 cm³/mol. The summed E-state index contributed by atoms with van der Waals surface area (Å²) < 4.78 is 17.7. The van der Waals surface area contributed by atoms with E-state index < -0.39 is 8.77 Å². The molecule has 0 aliphatic carbocycles. The monoisotopic (exact) mass is 312 g/mol. The first-order valence-corrected chi connectivity index (χ1v) is 8.47. The predicted octanol–water partition coefficient (Wildman–Crippen LogP) is 3.89. The molecule has 0 bridgehead atoms. The van der Waals surface area contributed by atoms with Crippen molar-refractivity contribution in [2.24, 2.45) is 0 Å². The van der Waals surface area contributed by atoms with E-state index in [1.54, 1.807) is 18.2 Å². The highest BCUT2D eigenvalue weighted by molar-refractivity contribution is 8.30. The van der Waals surface area contributed by atoms with Gasteiger partial charge in [-0.1, -0.05) is 47.5 Å². The van der Waals surface area contributed by atoms with Crippen LogP contribution in [0, 0.1) is 6.92 Å². The first-order chi connectivity index (χ1) is 8.99. The fourth-order valence-corrected chi connectivity index (χ4v) is 3.09. The Morgan fingerprint density at radius 3 is 2.42 bits per heavy atom. The minimum absolute atomic E-state index is 0.135. The molecule has 0 amide bonds. The van der Waals surface area contributed by atoms with Crippen LogP contribution in [0.25, 0.3) is 0 Å².